The van der Waals surface area contributed by atoms with Crippen molar-refractivity contribution < 1.29 is 4.79 Å². The standard InChI is InChI=1S/C22H31N5O2S/c1-3-4-9-14-27-21(29)17-12-7-6-11-16(17)19(26-27)20(28)24-25-22(30)23-18-13-8-5-10-15(18)2/h6-7,11-12,15,18H,3-5,8-10,13-14H2,1-2H3,(H,24,28)(H2,23,25,30)/t15-,18+/m1/s1. The smallest absolute Gasteiger partial charge is 0.290 e. The van der Waals surface area contributed by atoms with Crippen molar-refractivity contribution in [1.29, 1.82) is 0 Å². The van der Waals surface area contributed by atoms with Gasteiger partial charge in [0.1, 0.15) is 0 Å². The molecule has 0 bridgehead atoms. The zero-order valence-electron chi connectivity index (χ0n) is 17.7. The van der Waals surface area contributed by atoms with Gasteiger partial charge in [-0.15, -0.1) is 0 Å². The monoisotopic (exact) mass is 429 g/mol. The van der Waals surface area contributed by atoms with Gasteiger partial charge in [0.2, 0.25) is 0 Å². The lowest BCUT2D eigenvalue weighted by atomic mass is 9.86. The summed E-state index contributed by atoms with van der Waals surface area (Å²) < 4.78 is 1.40. The first kappa shape index (κ1) is 22.2. The maximum absolute atomic E-state index is 12.9. The molecule has 7 nitrogen and oxygen atoms in total. The third kappa shape index (κ3) is 5.36. The van der Waals surface area contributed by atoms with E-state index >= 15 is 0 Å². The maximum atomic E-state index is 12.9. The Balaban J connectivity index is 1.72. The Morgan fingerprint density at radius 2 is 1.90 bits per heavy atom. The van der Waals surface area contributed by atoms with Crippen LogP contribution in [0.15, 0.2) is 29.1 Å². The number of nitrogens with zero attached hydrogens (tertiary/aromatic N) is 2. The van der Waals surface area contributed by atoms with Crippen LogP contribution in [-0.4, -0.2) is 26.8 Å². The van der Waals surface area contributed by atoms with Crippen molar-refractivity contribution in [3.8, 4) is 0 Å². The number of hydrogen-bond acceptors (Lipinski definition) is 4. The average molecular weight is 430 g/mol. The van der Waals surface area contributed by atoms with Gasteiger partial charge in [-0.05, 0) is 43.5 Å². The second-order valence-corrected chi connectivity index (χ2v) is 8.46. The number of hydrazine groups is 1. The quantitative estimate of drug-likeness (QED) is 0.371. The Morgan fingerprint density at radius 3 is 2.63 bits per heavy atom. The number of rotatable bonds is 6. The maximum Gasteiger partial charge on any atom is 0.290 e. The highest BCUT2D eigenvalue weighted by Crippen LogP contribution is 2.23. The average Bonchev–Trinajstić information content (AvgIpc) is 2.75. The van der Waals surface area contributed by atoms with Gasteiger partial charge in [0, 0.05) is 18.0 Å². The van der Waals surface area contributed by atoms with Crippen molar-refractivity contribution >= 4 is 34.0 Å². The molecule has 1 amide bonds. The number of aryl methyl sites for hydroxylation is 1. The van der Waals surface area contributed by atoms with Crippen molar-refractivity contribution in [3.63, 3.8) is 0 Å². The highest BCUT2D eigenvalue weighted by molar-refractivity contribution is 7.80. The second kappa shape index (κ2) is 10.5. The first-order valence-electron chi connectivity index (χ1n) is 10.9. The molecule has 162 valence electrons. The topological polar surface area (TPSA) is 88.1 Å². The first-order valence-corrected chi connectivity index (χ1v) is 11.3. The molecule has 1 heterocycles. The molecule has 1 aromatic carbocycles. The molecule has 2 atom stereocenters. The fourth-order valence-electron chi connectivity index (χ4n) is 3.97. The minimum absolute atomic E-state index is 0.172. The number of nitrogens with one attached hydrogen (secondary N) is 3. The largest absolute Gasteiger partial charge is 0.358 e. The fraction of sp³-hybridized carbons (Fsp3) is 0.545. The summed E-state index contributed by atoms with van der Waals surface area (Å²) in [7, 11) is 0. The Kier molecular flexibility index (Phi) is 7.79. The van der Waals surface area contributed by atoms with Gasteiger partial charge >= 0.3 is 0 Å². The molecule has 0 saturated heterocycles. The van der Waals surface area contributed by atoms with Gasteiger partial charge < -0.3 is 5.32 Å². The van der Waals surface area contributed by atoms with Crippen LogP contribution in [0.4, 0.5) is 0 Å². The minimum Gasteiger partial charge on any atom is -0.358 e. The molecule has 0 radical (unpaired) electrons. The fourth-order valence-corrected chi connectivity index (χ4v) is 4.18. The second-order valence-electron chi connectivity index (χ2n) is 8.05. The van der Waals surface area contributed by atoms with Crippen molar-refractivity contribution in [1.82, 2.24) is 25.9 Å². The number of benzene rings is 1. The Hall–Kier alpha value is -2.48. The van der Waals surface area contributed by atoms with Crippen LogP contribution in [0.1, 0.15) is 69.3 Å². The Morgan fingerprint density at radius 1 is 1.17 bits per heavy atom. The van der Waals surface area contributed by atoms with Gasteiger partial charge in [0.15, 0.2) is 10.8 Å². The van der Waals surface area contributed by atoms with Crippen LogP contribution in [0.25, 0.3) is 10.8 Å². The number of carbonyl (C=O) groups excluding carboxylic acids is 1. The number of aromatic nitrogens is 2. The number of hydrogen-bond donors (Lipinski definition) is 3. The zero-order chi connectivity index (χ0) is 21.5. The van der Waals surface area contributed by atoms with Crippen LogP contribution in [0.3, 0.4) is 0 Å². The Bertz CT molecular complexity index is 958. The number of fused-ring (bicyclic) bond motifs is 1. The van der Waals surface area contributed by atoms with Crippen LogP contribution in [0, 0.1) is 5.92 Å². The molecule has 1 aliphatic rings. The van der Waals surface area contributed by atoms with E-state index in [1.165, 1.54) is 23.9 Å². The van der Waals surface area contributed by atoms with E-state index in [2.05, 4.69) is 35.1 Å². The lowest BCUT2D eigenvalue weighted by Gasteiger charge is -2.30. The molecule has 3 rings (SSSR count). The van der Waals surface area contributed by atoms with Crippen LogP contribution < -0.4 is 21.7 Å². The molecule has 0 unspecified atom stereocenters. The molecule has 1 aromatic heterocycles. The van der Waals surface area contributed by atoms with Crippen LogP contribution in [0.2, 0.25) is 0 Å². The number of amides is 1. The summed E-state index contributed by atoms with van der Waals surface area (Å²) in [6.45, 7) is 4.81. The van der Waals surface area contributed by atoms with Gasteiger partial charge in [-0.25, -0.2) is 4.68 Å². The lowest BCUT2D eigenvalue weighted by Crippen LogP contribution is -2.51. The van der Waals surface area contributed by atoms with Crippen molar-refractivity contribution in [2.45, 2.75) is 71.4 Å². The molecular weight excluding hydrogens is 398 g/mol. The van der Waals surface area contributed by atoms with E-state index in [1.54, 1.807) is 24.3 Å². The summed E-state index contributed by atoms with van der Waals surface area (Å²) in [6, 6.07) is 7.39. The van der Waals surface area contributed by atoms with E-state index in [1.807, 2.05) is 0 Å². The van der Waals surface area contributed by atoms with Gasteiger partial charge in [0.05, 0.1) is 5.39 Å². The summed E-state index contributed by atoms with van der Waals surface area (Å²) in [5.41, 5.74) is 5.47. The van der Waals surface area contributed by atoms with E-state index in [0.29, 0.717) is 34.4 Å². The summed E-state index contributed by atoms with van der Waals surface area (Å²) in [5, 5.41) is 9.08. The van der Waals surface area contributed by atoms with Crippen molar-refractivity contribution in [3.05, 3.63) is 40.3 Å². The van der Waals surface area contributed by atoms with E-state index in [0.717, 1.165) is 25.7 Å². The van der Waals surface area contributed by atoms with Crippen molar-refractivity contribution in [2.24, 2.45) is 5.92 Å². The van der Waals surface area contributed by atoms with Crippen molar-refractivity contribution in [2.75, 3.05) is 0 Å². The molecule has 2 aromatic rings. The molecule has 8 heteroatoms. The molecule has 3 N–H and O–H groups in total. The third-order valence-corrected chi connectivity index (χ3v) is 5.99. The highest BCUT2D eigenvalue weighted by atomic mass is 32.1. The Labute approximate surface area is 182 Å². The summed E-state index contributed by atoms with van der Waals surface area (Å²) in [4.78, 5) is 25.6. The van der Waals surface area contributed by atoms with Crippen LogP contribution >= 0.6 is 12.2 Å². The molecule has 1 fully saturated rings. The molecule has 1 aliphatic carbocycles. The normalized spacial score (nSPS) is 18.7. The minimum atomic E-state index is -0.420. The number of carbonyl (C=O) groups is 1. The van der Waals surface area contributed by atoms with Gasteiger partial charge in [-0.3, -0.25) is 20.4 Å². The number of unbranched alkanes of at least 4 members (excludes halogenated alkanes) is 2. The molecule has 30 heavy (non-hydrogen) atoms. The van der Waals surface area contributed by atoms with Crippen LogP contribution in [-0.2, 0) is 6.54 Å². The van der Waals surface area contributed by atoms with Gasteiger partial charge in [-0.1, -0.05) is 57.7 Å². The van der Waals surface area contributed by atoms with E-state index in [-0.39, 0.29) is 11.3 Å². The van der Waals surface area contributed by atoms with E-state index in [9.17, 15) is 9.59 Å². The van der Waals surface area contributed by atoms with E-state index < -0.39 is 5.91 Å². The molecule has 0 aliphatic heterocycles. The molecule has 1 saturated carbocycles. The SMILES string of the molecule is CCCCCn1nc(C(=O)NNC(=S)N[C@H]2CCCC[C@H]2C)c2ccccc2c1=O. The lowest BCUT2D eigenvalue weighted by molar-refractivity contribution is 0.0937. The van der Waals surface area contributed by atoms with Gasteiger partial charge in [0.25, 0.3) is 11.5 Å². The molecule has 0 spiro atoms. The third-order valence-electron chi connectivity index (χ3n) is 5.77. The predicted molar refractivity (Wildman–Crippen MR) is 123 cm³/mol. The van der Waals surface area contributed by atoms with E-state index in [4.69, 9.17) is 12.2 Å². The van der Waals surface area contributed by atoms with Crippen LogP contribution in [0.5, 0.6) is 0 Å². The highest BCUT2D eigenvalue weighted by Gasteiger charge is 2.22. The first-order chi connectivity index (χ1) is 14.5. The molecular formula is C22H31N5O2S. The summed E-state index contributed by atoms with van der Waals surface area (Å²) in [6.07, 6.45) is 7.59. The van der Waals surface area contributed by atoms with Gasteiger partial charge in [-0.2, -0.15) is 5.10 Å². The number of thiocarbonyl (C=S) groups is 1. The zero-order valence-corrected chi connectivity index (χ0v) is 18.6. The summed E-state index contributed by atoms with van der Waals surface area (Å²) in [5.74, 6) is 0.128. The summed E-state index contributed by atoms with van der Waals surface area (Å²) >= 11 is 5.36. The predicted octanol–water partition coefficient (Wildman–Crippen LogP) is 3.27.